The first-order valence-electron chi connectivity index (χ1n) is 11.0. The van der Waals surface area contributed by atoms with Gasteiger partial charge < -0.3 is 10.2 Å². The molecule has 1 aliphatic heterocycles. The number of rotatable bonds is 10. The second-order valence-corrected chi connectivity index (χ2v) is 8.61. The van der Waals surface area contributed by atoms with Crippen molar-refractivity contribution >= 4 is 6.03 Å². The smallest absolute Gasteiger partial charge is 0.317 e. The van der Waals surface area contributed by atoms with Crippen LogP contribution in [0.25, 0.3) is 0 Å². The van der Waals surface area contributed by atoms with Gasteiger partial charge in [0.05, 0.1) is 11.4 Å². The number of nitrogens with zero attached hydrogens (tertiary/aromatic N) is 4. The number of aryl methyl sites for hydroxylation is 2. The molecule has 6 nitrogen and oxygen atoms in total. The molecule has 0 unspecified atom stereocenters. The lowest BCUT2D eigenvalue weighted by atomic mass is 10.0. The van der Waals surface area contributed by atoms with Crippen molar-refractivity contribution in [3.8, 4) is 0 Å². The van der Waals surface area contributed by atoms with Gasteiger partial charge in [0.1, 0.15) is 0 Å². The van der Waals surface area contributed by atoms with Crippen molar-refractivity contribution in [2.75, 3.05) is 26.2 Å². The molecule has 3 rings (SSSR count). The third kappa shape index (κ3) is 6.02. The van der Waals surface area contributed by atoms with E-state index >= 15 is 0 Å². The first kappa shape index (κ1) is 22.2. The van der Waals surface area contributed by atoms with Crippen LogP contribution in [0.15, 0.2) is 30.6 Å². The number of urea groups is 1. The van der Waals surface area contributed by atoms with Crippen LogP contribution in [0, 0.1) is 13.8 Å². The Morgan fingerprint density at radius 1 is 1.17 bits per heavy atom. The molecule has 6 heteroatoms. The maximum absolute atomic E-state index is 11.7. The number of hydrogen-bond donors (Lipinski definition) is 1. The minimum atomic E-state index is 0.0707. The molecular weight excluding hydrogens is 374 g/mol. The molecule has 3 heterocycles. The van der Waals surface area contributed by atoms with Gasteiger partial charge in [0.2, 0.25) is 0 Å². The minimum Gasteiger partial charge on any atom is -0.336 e. The van der Waals surface area contributed by atoms with E-state index in [1.165, 1.54) is 16.7 Å². The average Bonchev–Trinajstić information content (AvgIpc) is 3.12. The van der Waals surface area contributed by atoms with Crippen molar-refractivity contribution in [3.63, 3.8) is 0 Å². The highest BCUT2D eigenvalue weighted by Crippen LogP contribution is 2.20. The summed E-state index contributed by atoms with van der Waals surface area (Å²) in [4.78, 5) is 25.5. The number of hydrogen-bond acceptors (Lipinski definition) is 4. The fourth-order valence-corrected chi connectivity index (χ4v) is 4.02. The Labute approximate surface area is 180 Å². The Morgan fingerprint density at radius 3 is 2.67 bits per heavy atom. The summed E-state index contributed by atoms with van der Waals surface area (Å²) in [5.74, 6) is 0.448. The standard InChI is InChI=1S/C24H35N5O/c1-18(2)21-8-7-9-25-23(21)17-28(16-22-20(4)14-19(3)15-27-22)11-5-6-12-29-13-10-26-24(29)30/h7-9,14-15,18H,5-6,10-13,16-17H2,1-4H3,(H,26,30). The van der Waals surface area contributed by atoms with Crippen LogP contribution >= 0.6 is 0 Å². The second kappa shape index (κ2) is 10.5. The van der Waals surface area contributed by atoms with Gasteiger partial charge in [-0.25, -0.2) is 4.79 Å². The molecule has 2 amide bonds. The van der Waals surface area contributed by atoms with E-state index in [4.69, 9.17) is 9.97 Å². The van der Waals surface area contributed by atoms with E-state index in [1.54, 1.807) is 0 Å². The number of carbonyl (C=O) groups is 1. The van der Waals surface area contributed by atoms with Gasteiger partial charge in [-0.05, 0) is 61.9 Å². The van der Waals surface area contributed by atoms with Gasteiger partial charge in [-0.15, -0.1) is 0 Å². The van der Waals surface area contributed by atoms with E-state index in [2.05, 4.69) is 50.0 Å². The summed E-state index contributed by atoms with van der Waals surface area (Å²) in [6, 6.07) is 6.48. The molecule has 1 aliphatic rings. The van der Waals surface area contributed by atoms with Gasteiger partial charge in [0, 0.05) is 45.1 Å². The summed E-state index contributed by atoms with van der Waals surface area (Å²) in [7, 11) is 0. The van der Waals surface area contributed by atoms with E-state index < -0.39 is 0 Å². The van der Waals surface area contributed by atoms with Crippen LogP contribution in [0.1, 0.15) is 60.7 Å². The van der Waals surface area contributed by atoms with E-state index in [9.17, 15) is 4.79 Å². The summed E-state index contributed by atoms with van der Waals surface area (Å²) < 4.78 is 0. The Bertz CT molecular complexity index is 851. The third-order valence-electron chi connectivity index (χ3n) is 5.72. The van der Waals surface area contributed by atoms with Crippen molar-refractivity contribution in [1.29, 1.82) is 0 Å². The van der Waals surface area contributed by atoms with Gasteiger partial charge in [-0.3, -0.25) is 14.9 Å². The molecule has 0 radical (unpaired) electrons. The van der Waals surface area contributed by atoms with E-state index in [0.29, 0.717) is 5.92 Å². The topological polar surface area (TPSA) is 61.4 Å². The summed E-state index contributed by atoms with van der Waals surface area (Å²) in [5.41, 5.74) is 6.01. The Morgan fingerprint density at radius 2 is 1.97 bits per heavy atom. The Hall–Kier alpha value is -2.47. The first-order chi connectivity index (χ1) is 14.4. The predicted octanol–water partition coefficient (Wildman–Crippen LogP) is 4.02. The zero-order valence-corrected chi connectivity index (χ0v) is 18.8. The number of pyridine rings is 2. The summed E-state index contributed by atoms with van der Waals surface area (Å²) >= 11 is 0. The number of aromatic nitrogens is 2. The maximum Gasteiger partial charge on any atom is 0.317 e. The molecule has 1 N–H and O–H groups in total. The van der Waals surface area contributed by atoms with Gasteiger partial charge in [-0.2, -0.15) is 0 Å². The van der Waals surface area contributed by atoms with Crippen LogP contribution in [0.2, 0.25) is 0 Å². The molecule has 30 heavy (non-hydrogen) atoms. The van der Waals surface area contributed by atoms with Gasteiger partial charge in [0.15, 0.2) is 0 Å². The summed E-state index contributed by atoms with van der Waals surface area (Å²) in [6.45, 7) is 13.6. The molecule has 1 saturated heterocycles. The number of unbranched alkanes of at least 4 members (excludes halogenated alkanes) is 1. The molecule has 0 bridgehead atoms. The van der Waals surface area contributed by atoms with Crippen molar-refractivity contribution < 1.29 is 4.79 Å². The lowest BCUT2D eigenvalue weighted by Crippen LogP contribution is -2.30. The van der Waals surface area contributed by atoms with Crippen LogP contribution < -0.4 is 5.32 Å². The van der Waals surface area contributed by atoms with Crippen molar-refractivity contribution in [2.24, 2.45) is 0 Å². The van der Waals surface area contributed by atoms with Gasteiger partial charge in [0.25, 0.3) is 0 Å². The van der Waals surface area contributed by atoms with Gasteiger partial charge >= 0.3 is 6.03 Å². The largest absolute Gasteiger partial charge is 0.336 e. The molecule has 0 saturated carbocycles. The first-order valence-corrected chi connectivity index (χ1v) is 11.0. The van der Waals surface area contributed by atoms with E-state index in [1.807, 2.05) is 23.4 Å². The highest BCUT2D eigenvalue weighted by Gasteiger charge is 2.19. The average molecular weight is 410 g/mol. The Balaban J connectivity index is 1.67. The molecule has 2 aromatic heterocycles. The SMILES string of the molecule is Cc1cnc(CN(CCCCN2CCNC2=O)Cc2ncccc2C(C)C)c(C)c1. The fourth-order valence-electron chi connectivity index (χ4n) is 4.02. The highest BCUT2D eigenvalue weighted by atomic mass is 16.2. The second-order valence-electron chi connectivity index (χ2n) is 8.61. The molecule has 0 spiro atoms. The van der Waals surface area contributed by atoms with Crippen LogP contribution in [0.4, 0.5) is 4.79 Å². The molecule has 0 aromatic carbocycles. The molecule has 1 fully saturated rings. The summed E-state index contributed by atoms with van der Waals surface area (Å²) in [6.07, 6.45) is 5.88. The normalized spacial score (nSPS) is 14.1. The Kier molecular flexibility index (Phi) is 7.80. The monoisotopic (exact) mass is 409 g/mol. The van der Waals surface area contributed by atoms with E-state index in [-0.39, 0.29) is 6.03 Å². The zero-order chi connectivity index (χ0) is 21.5. The fraction of sp³-hybridized carbons (Fsp3) is 0.542. The number of nitrogens with one attached hydrogen (secondary N) is 1. The van der Waals surface area contributed by atoms with Crippen LogP contribution in [-0.2, 0) is 13.1 Å². The predicted molar refractivity (Wildman–Crippen MR) is 120 cm³/mol. The van der Waals surface area contributed by atoms with Crippen LogP contribution in [-0.4, -0.2) is 52.0 Å². The molecule has 2 aromatic rings. The van der Waals surface area contributed by atoms with Crippen LogP contribution in [0.5, 0.6) is 0 Å². The van der Waals surface area contributed by atoms with Crippen molar-refractivity contribution in [1.82, 2.24) is 25.1 Å². The highest BCUT2D eigenvalue weighted by molar-refractivity contribution is 5.76. The number of carbonyl (C=O) groups excluding carboxylic acids is 1. The molecule has 0 aliphatic carbocycles. The van der Waals surface area contributed by atoms with Crippen molar-refractivity contribution in [3.05, 3.63) is 58.7 Å². The zero-order valence-electron chi connectivity index (χ0n) is 18.8. The molecular formula is C24H35N5O. The maximum atomic E-state index is 11.7. The summed E-state index contributed by atoms with van der Waals surface area (Å²) in [5, 5.41) is 2.87. The third-order valence-corrected chi connectivity index (χ3v) is 5.72. The quantitative estimate of drug-likeness (QED) is 0.602. The van der Waals surface area contributed by atoms with Crippen molar-refractivity contribution in [2.45, 2.75) is 59.5 Å². The van der Waals surface area contributed by atoms with E-state index in [0.717, 1.165) is 63.5 Å². The molecule has 0 atom stereocenters. The van der Waals surface area contributed by atoms with Crippen LogP contribution in [0.3, 0.4) is 0 Å². The lowest BCUT2D eigenvalue weighted by molar-refractivity contribution is 0.212. The number of amides is 2. The molecule has 162 valence electrons. The minimum absolute atomic E-state index is 0.0707. The van der Waals surface area contributed by atoms with Gasteiger partial charge in [-0.1, -0.05) is 26.0 Å². The lowest BCUT2D eigenvalue weighted by Gasteiger charge is -2.25.